The van der Waals surface area contributed by atoms with Gasteiger partial charge in [0.2, 0.25) is 0 Å². The summed E-state index contributed by atoms with van der Waals surface area (Å²) in [4.78, 5) is 13.8. The highest BCUT2D eigenvalue weighted by molar-refractivity contribution is 5.68. The predicted molar refractivity (Wildman–Crippen MR) is 91.5 cm³/mol. The third-order valence-corrected chi connectivity index (χ3v) is 4.17. The minimum absolute atomic E-state index is 0.0236. The summed E-state index contributed by atoms with van der Waals surface area (Å²) < 4.78 is 5.40. The van der Waals surface area contributed by atoms with Crippen molar-refractivity contribution in [1.82, 2.24) is 4.90 Å². The summed E-state index contributed by atoms with van der Waals surface area (Å²) in [5, 5.41) is 11.0. The van der Waals surface area contributed by atoms with Gasteiger partial charge >= 0.3 is 6.09 Å². The third-order valence-electron chi connectivity index (χ3n) is 4.17. The average Bonchev–Trinajstić information content (AvgIpc) is 2.80. The molecular weight excluding hydrogens is 290 g/mol. The number of ether oxygens (including phenoxy) is 1. The number of rotatable bonds is 1. The van der Waals surface area contributed by atoms with Crippen LogP contribution in [0.3, 0.4) is 0 Å². The van der Waals surface area contributed by atoms with E-state index in [4.69, 9.17) is 4.74 Å². The Kier molecular flexibility index (Phi) is 4.51. The molecule has 1 aliphatic rings. The van der Waals surface area contributed by atoms with Gasteiger partial charge in [0.15, 0.2) is 0 Å². The zero-order valence-corrected chi connectivity index (χ0v) is 15.1. The Hall–Kier alpha value is -1.55. The smallest absolute Gasteiger partial charge is 0.410 e. The Morgan fingerprint density at radius 1 is 1.22 bits per heavy atom. The van der Waals surface area contributed by atoms with E-state index in [-0.39, 0.29) is 18.1 Å². The zero-order chi connectivity index (χ0) is 17.5. The van der Waals surface area contributed by atoms with Crippen LogP contribution in [0.1, 0.15) is 59.1 Å². The first-order chi connectivity index (χ1) is 10.4. The summed E-state index contributed by atoms with van der Waals surface area (Å²) in [6.45, 7) is 12.8. The molecule has 1 aliphatic heterocycles. The van der Waals surface area contributed by atoms with Gasteiger partial charge in [-0.15, -0.1) is 0 Å². The van der Waals surface area contributed by atoms with Crippen molar-refractivity contribution in [3.05, 3.63) is 35.4 Å². The van der Waals surface area contributed by atoms with Crippen LogP contribution < -0.4 is 0 Å². The van der Waals surface area contributed by atoms with Gasteiger partial charge in [0.05, 0.1) is 6.54 Å². The van der Waals surface area contributed by atoms with Crippen LogP contribution in [0, 0.1) is 0 Å². The molecule has 1 N–H and O–H groups in total. The number of hydrogen-bond donors (Lipinski definition) is 1. The van der Waals surface area contributed by atoms with E-state index < -0.39 is 11.2 Å². The van der Waals surface area contributed by atoms with Crippen LogP contribution >= 0.6 is 0 Å². The molecule has 1 saturated heterocycles. The van der Waals surface area contributed by atoms with Gasteiger partial charge in [-0.05, 0) is 43.7 Å². The van der Waals surface area contributed by atoms with Gasteiger partial charge in [0.25, 0.3) is 0 Å². The maximum absolute atomic E-state index is 12.2. The maximum atomic E-state index is 12.2. The number of hydrogen-bond acceptors (Lipinski definition) is 3. The van der Waals surface area contributed by atoms with Crippen molar-refractivity contribution in [3.8, 4) is 0 Å². The van der Waals surface area contributed by atoms with E-state index in [9.17, 15) is 9.90 Å². The molecule has 0 aliphatic carbocycles. The van der Waals surface area contributed by atoms with Crippen molar-refractivity contribution in [1.29, 1.82) is 0 Å². The molecule has 2 rings (SSSR count). The van der Waals surface area contributed by atoms with Gasteiger partial charge in [-0.1, -0.05) is 45.0 Å². The van der Waals surface area contributed by atoms with Crippen LogP contribution in [-0.2, 0) is 15.8 Å². The van der Waals surface area contributed by atoms with Crippen LogP contribution in [-0.4, -0.2) is 34.8 Å². The number of nitrogens with zero attached hydrogens (tertiary/aromatic N) is 1. The lowest BCUT2D eigenvalue weighted by Gasteiger charge is -2.28. The van der Waals surface area contributed by atoms with E-state index >= 15 is 0 Å². The predicted octanol–water partition coefficient (Wildman–Crippen LogP) is 3.81. The molecule has 0 aromatic heterocycles. The Morgan fingerprint density at radius 2 is 1.87 bits per heavy atom. The number of benzene rings is 1. The molecule has 1 aromatic rings. The fourth-order valence-corrected chi connectivity index (χ4v) is 2.79. The monoisotopic (exact) mass is 319 g/mol. The second-order valence-electron chi connectivity index (χ2n) is 8.51. The topological polar surface area (TPSA) is 49.8 Å². The van der Waals surface area contributed by atoms with Crippen LogP contribution in [0.4, 0.5) is 4.79 Å². The fraction of sp³-hybridized carbons (Fsp3) is 0.632. The molecule has 4 heteroatoms. The zero-order valence-electron chi connectivity index (χ0n) is 15.1. The minimum atomic E-state index is -1.00. The van der Waals surface area contributed by atoms with Crippen molar-refractivity contribution in [2.45, 2.75) is 64.6 Å². The van der Waals surface area contributed by atoms with E-state index in [0.29, 0.717) is 13.0 Å². The molecule has 4 nitrogen and oxygen atoms in total. The van der Waals surface area contributed by atoms with Gasteiger partial charge in [-0.25, -0.2) is 4.79 Å². The highest BCUT2D eigenvalue weighted by Crippen LogP contribution is 2.34. The van der Waals surface area contributed by atoms with E-state index in [0.717, 1.165) is 5.56 Å². The Bertz CT molecular complexity index is 583. The third kappa shape index (κ3) is 4.25. The minimum Gasteiger partial charge on any atom is -0.444 e. The number of carbonyl (C=O) groups excluding carboxylic acids is 1. The van der Waals surface area contributed by atoms with E-state index in [1.165, 1.54) is 5.56 Å². The first-order valence-corrected chi connectivity index (χ1v) is 8.22. The fourth-order valence-electron chi connectivity index (χ4n) is 2.79. The molecule has 0 bridgehead atoms. The average molecular weight is 319 g/mol. The molecule has 1 fully saturated rings. The number of β-amino-alcohol motifs (C(OH)–C–C–N with tert-alkyl or cyclic N) is 1. The molecule has 1 aromatic carbocycles. The molecule has 1 atom stereocenters. The van der Waals surface area contributed by atoms with Crippen molar-refractivity contribution in [2.24, 2.45) is 0 Å². The number of aliphatic hydroxyl groups is 1. The van der Waals surface area contributed by atoms with Crippen molar-refractivity contribution < 1.29 is 14.6 Å². The standard InChI is InChI=1S/C19H29NO3/c1-17(2,3)14-8-7-9-15(12-14)19(22)10-11-20(13-19)16(21)23-18(4,5)6/h7-9,12,22H,10-11,13H2,1-6H3. The molecule has 1 heterocycles. The van der Waals surface area contributed by atoms with E-state index in [2.05, 4.69) is 32.9 Å². The molecular formula is C19H29NO3. The highest BCUT2D eigenvalue weighted by atomic mass is 16.6. The van der Waals surface area contributed by atoms with Crippen LogP contribution in [0.5, 0.6) is 0 Å². The van der Waals surface area contributed by atoms with Crippen molar-refractivity contribution in [3.63, 3.8) is 0 Å². The number of carbonyl (C=O) groups is 1. The number of amides is 1. The SMILES string of the molecule is CC(C)(C)OC(=O)N1CCC(O)(c2cccc(C(C)(C)C)c2)C1. The van der Waals surface area contributed by atoms with Gasteiger partial charge < -0.3 is 14.7 Å². The van der Waals surface area contributed by atoms with Crippen LogP contribution in [0.25, 0.3) is 0 Å². The molecule has 128 valence electrons. The molecule has 0 saturated carbocycles. The van der Waals surface area contributed by atoms with Gasteiger partial charge in [0, 0.05) is 6.54 Å². The van der Waals surface area contributed by atoms with E-state index in [1.54, 1.807) is 4.90 Å². The highest BCUT2D eigenvalue weighted by Gasteiger charge is 2.41. The molecule has 0 spiro atoms. The summed E-state index contributed by atoms with van der Waals surface area (Å²) >= 11 is 0. The lowest BCUT2D eigenvalue weighted by Crippen LogP contribution is -2.38. The Labute approximate surface area is 139 Å². The van der Waals surface area contributed by atoms with Gasteiger partial charge in [-0.3, -0.25) is 0 Å². The lowest BCUT2D eigenvalue weighted by atomic mass is 9.83. The largest absolute Gasteiger partial charge is 0.444 e. The van der Waals surface area contributed by atoms with Gasteiger partial charge in [-0.2, -0.15) is 0 Å². The normalized spacial score (nSPS) is 22.3. The summed E-state index contributed by atoms with van der Waals surface area (Å²) in [7, 11) is 0. The summed E-state index contributed by atoms with van der Waals surface area (Å²) in [5.41, 5.74) is 0.549. The first kappa shape index (κ1) is 17.8. The first-order valence-electron chi connectivity index (χ1n) is 8.22. The second-order valence-corrected chi connectivity index (χ2v) is 8.51. The summed E-state index contributed by atoms with van der Waals surface area (Å²) in [6.07, 6.45) is 0.167. The Balaban J connectivity index is 2.17. The second kappa shape index (κ2) is 5.82. The summed E-state index contributed by atoms with van der Waals surface area (Å²) in [5.74, 6) is 0. The lowest BCUT2D eigenvalue weighted by molar-refractivity contribution is 0.0139. The van der Waals surface area contributed by atoms with Crippen LogP contribution in [0.2, 0.25) is 0 Å². The van der Waals surface area contributed by atoms with E-state index in [1.807, 2.05) is 32.9 Å². The molecule has 0 radical (unpaired) electrons. The number of likely N-dealkylation sites (tertiary alicyclic amines) is 1. The molecule has 1 amide bonds. The molecule has 23 heavy (non-hydrogen) atoms. The quantitative estimate of drug-likeness (QED) is 0.856. The molecule has 1 unspecified atom stereocenters. The Morgan fingerprint density at radius 3 is 2.43 bits per heavy atom. The van der Waals surface area contributed by atoms with Crippen LogP contribution in [0.15, 0.2) is 24.3 Å². The maximum Gasteiger partial charge on any atom is 0.410 e. The van der Waals surface area contributed by atoms with Crippen molar-refractivity contribution >= 4 is 6.09 Å². The van der Waals surface area contributed by atoms with Gasteiger partial charge in [0.1, 0.15) is 11.2 Å². The van der Waals surface area contributed by atoms with Crippen molar-refractivity contribution in [2.75, 3.05) is 13.1 Å². The summed E-state index contributed by atoms with van der Waals surface area (Å²) in [6, 6.07) is 8.05.